The Morgan fingerprint density at radius 3 is 2.51 bits per heavy atom. The Bertz CT molecular complexity index is 1550. The van der Waals surface area contributed by atoms with Crippen LogP contribution in [0.4, 0.5) is 10.8 Å². The predicted molar refractivity (Wildman–Crippen MR) is 147 cm³/mol. The van der Waals surface area contributed by atoms with Crippen molar-refractivity contribution in [2.45, 2.75) is 12.8 Å². The highest BCUT2D eigenvalue weighted by atomic mass is 35.5. The molecular weight excluding hydrogens is 512 g/mol. The van der Waals surface area contributed by atoms with E-state index in [-0.39, 0.29) is 5.56 Å². The number of ether oxygens (including phenoxy) is 1. The minimum atomic E-state index is -1.26. The molecule has 2 aromatic heterocycles. The van der Waals surface area contributed by atoms with Crippen LogP contribution in [0.3, 0.4) is 0 Å². The monoisotopic (exact) mass is 536 g/mol. The lowest BCUT2D eigenvalue weighted by Gasteiger charge is -2.25. The van der Waals surface area contributed by atoms with Crippen molar-refractivity contribution < 1.29 is 14.6 Å². The molecule has 0 unspecified atom stereocenters. The molecule has 0 amide bonds. The van der Waals surface area contributed by atoms with Gasteiger partial charge in [0.05, 0.1) is 39.8 Å². The van der Waals surface area contributed by atoms with Crippen LogP contribution in [0.15, 0.2) is 53.5 Å². The van der Waals surface area contributed by atoms with Crippen molar-refractivity contribution in [2.24, 2.45) is 0 Å². The third-order valence-electron chi connectivity index (χ3n) is 6.89. The normalized spacial score (nSPS) is 16.0. The fourth-order valence-corrected chi connectivity index (χ4v) is 6.30. The first-order valence-corrected chi connectivity index (χ1v) is 13.5. The van der Waals surface area contributed by atoms with Crippen LogP contribution in [-0.4, -0.2) is 60.0 Å². The molecule has 0 spiro atoms. The lowest BCUT2D eigenvalue weighted by molar-refractivity contribution is 0.0695. The molecule has 0 saturated carbocycles. The molecule has 0 aliphatic carbocycles. The number of hydrogen-bond acceptors (Lipinski definition) is 7. The quantitative estimate of drug-likeness (QED) is 0.388. The molecule has 2 aromatic carbocycles. The van der Waals surface area contributed by atoms with Crippen LogP contribution in [-0.2, 0) is 4.74 Å². The summed E-state index contributed by atoms with van der Waals surface area (Å²) in [6, 6.07) is 12.9. The van der Waals surface area contributed by atoms with Crippen LogP contribution in [0.25, 0.3) is 27.2 Å². The predicted octanol–water partition coefficient (Wildman–Crippen LogP) is 4.90. The highest BCUT2D eigenvalue weighted by molar-refractivity contribution is 7.22. The molecule has 37 heavy (non-hydrogen) atoms. The third-order valence-corrected chi connectivity index (χ3v) is 8.27. The van der Waals surface area contributed by atoms with E-state index in [1.54, 1.807) is 15.9 Å². The maximum Gasteiger partial charge on any atom is 0.341 e. The molecule has 2 saturated heterocycles. The summed E-state index contributed by atoms with van der Waals surface area (Å²) in [5, 5.41) is 11.2. The standard InChI is InChI=1S/C27H25ClN4O4S/c28-20-13-17(3-6-22(20)30-7-1-2-8-30)23-15-24(33)19(26(34)35)16-32(23)18-4-5-21-25(14-18)37-27(29-21)31-9-11-36-12-10-31/h3-6,13-16H,1-2,7-12H2,(H,34,35). The van der Waals surface area contributed by atoms with Crippen molar-refractivity contribution in [1.82, 2.24) is 9.55 Å². The first-order valence-electron chi connectivity index (χ1n) is 12.3. The molecule has 0 radical (unpaired) electrons. The molecular formula is C27H25ClN4O4S. The first-order chi connectivity index (χ1) is 18.0. The van der Waals surface area contributed by atoms with E-state index in [0.29, 0.717) is 23.9 Å². The number of hydrogen-bond donors (Lipinski definition) is 1. The van der Waals surface area contributed by atoms with Crippen molar-refractivity contribution in [2.75, 3.05) is 49.2 Å². The van der Waals surface area contributed by atoms with Crippen molar-refractivity contribution in [1.29, 1.82) is 0 Å². The van der Waals surface area contributed by atoms with Crippen LogP contribution in [0.1, 0.15) is 23.2 Å². The van der Waals surface area contributed by atoms with E-state index in [1.807, 2.05) is 36.4 Å². The van der Waals surface area contributed by atoms with E-state index in [0.717, 1.165) is 71.3 Å². The summed E-state index contributed by atoms with van der Waals surface area (Å²) in [7, 11) is 0. The summed E-state index contributed by atoms with van der Waals surface area (Å²) in [4.78, 5) is 33.8. The first kappa shape index (κ1) is 24.0. The van der Waals surface area contributed by atoms with E-state index in [1.165, 1.54) is 12.3 Å². The van der Waals surface area contributed by atoms with Gasteiger partial charge in [0, 0.05) is 49.7 Å². The highest BCUT2D eigenvalue weighted by Gasteiger charge is 2.20. The number of morpholine rings is 1. The molecule has 10 heteroatoms. The third kappa shape index (κ3) is 4.58. The SMILES string of the molecule is O=C(O)c1cn(-c2ccc3nc(N4CCOCC4)sc3c2)c(-c2ccc(N3CCCC3)c(Cl)c2)cc1=O. The molecule has 2 fully saturated rings. The van der Waals surface area contributed by atoms with E-state index < -0.39 is 11.4 Å². The highest BCUT2D eigenvalue weighted by Crippen LogP contribution is 2.35. The Morgan fingerprint density at radius 1 is 1.00 bits per heavy atom. The zero-order valence-corrected chi connectivity index (χ0v) is 21.6. The van der Waals surface area contributed by atoms with Gasteiger partial charge < -0.3 is 24.2 Å². The van der Waals surface area contributed by atoms with Gasteiger partial charge in [-0.1, -0.05) is 29.0 Å². The van der Waals surface area contributed by atoms with Crippen LogP contribution in [0.5, 0.6) is 0 Å². The van der Waals surface area contributed by atoms with E-state index in [4.69, 9.17) is 21.3 Å². The Labute approximate surface area is 222 Å². The number of aromatic nitrogens is 2. The number of thiazole rings is 1. The minimum absolute atomic E-state index is 0.290. The summed E-state index contributed by atoms with van der Waals surface area (Å²) in [6.45, 7) is 4.90. The number of halogens is 1. The number of anilines is 2. The fraction of sp³-hybridized carbons (Fsp3) is 0.296. The molecule has 1 N–H and O–H groups in total. The number of fused-ring (bicyclic) bond motifs is 1. The minimum Gasteiger partial charge on any atom is -0.477 e. The van der Waals surface area contributed by atoms with Gasteiger partial charge in [-0.3, -0.25) is 4.79 Å². The second kappa shape index (κ2) is 9.81. The molecule has 2 aliphatic rings. The summed E-state index contributed by atoms with van der Waals surface area (Å²) in [6.07, 6.45) is 3.68. The van der Waals surface area contributed by atoms with Crippen LogP contribution >= 0.6 is 22.9 Å². The van der Waals surface area contributed by atoms with Crippen molar-refractivity contribution in [3.8, 4) is 16.9 Å². The number of rotatable bonds is 5. The summed E-state index contributed by atoms with van der Waals surface area (Å²) >= 11 is 8.28. The number of carboxylic acids is 1. The Balaban J connectivity index is 1.45. The number of pyridine rings is 1. The Morgan fingerprint density at radius 2 is 1.78 bits per heavy atom. The van der Waals surface area contributed by atoms with Crippen molar-refractivity contribution >= 4 is 49.9 Å². The average Bonchev–Trinajstić information content (AvgIpc) is 3.59. The molecule has 4 heterocycles. The second-order valence-corrected chi connectivity index (χ2v) is 10.6. The van der Waals surface area contributed by atoms with Gasteiger partial charge in [0.2, 0.25) is 0 Å². The van der Waals surface area contributed by atoms with E-state index in [2.05, 4.69) is 9.80 Å². The van der Waals surface area contributed by atoms with Gasteiger partial charge in [-0.15, -0.1) is 0 Å². The van der Waals surface area contributed by atoms with Crippen LogP contribution in [0.2, 0.25) is 5.02 Å². The maximum atomic E-state index is 12.7. The van der Waals surface area contributed by atoms with Crippen LogP contribution < -0.4 is 15.2 Å². The van der Waals surface area contributed by atoms with Gasteiger partial charge in [-0.2, -0.15) is 0 Å². The van der Waals surface area contributed by atoms with Gasteiger partial charge in [-0.05, 0) is 43.2 Å². The van der Waals surface area contributed by atoms with E-state index in [9.17, 15) is 14.7 Å². The van der Waals surface area contributed by atoms with Crippen molar-refractivity contribution in [3.05, 3.63) is 69.5 Å². The zero-order valence-electron chi connectivity index (χ0n) is 20.0. The molecule has 0 atom stereocenters. The van der Waals surface area contributed by atoms with Gasteiger partial charge in [0.1, 0.15) is 5.56 Å². The summed E-state index contributed by atoms with van der Waals surface area (Å²) in [5.41, 5.74) is 3.05. The van der Waals surface area contributed by atoms with Crippen LogP contribution in [0, 0.1) is 0 Å². The van der Waals surface area contributed by atoms with E-state index >= 15 is 0 Å². The number of aromatic carboxylic acids is 1. The largest absolute Gasteiger partial charge is 0.477 e. The maximum absolute atomic E-state index is 12.7. The average molecular weight is 537 g/mol. The molecule has 4 aromatic rings. The molecule has 8 nitrogen and oxygen atoms in total. The topological polar surface area (TPSA) is 87.9 Å². The Kier molecular flexibility index (Phi) is 6.36. The van der Waals surface area contributed by atoms with Gasteiger partial charge >= 0.3 is 5.97 Å². The lowest BCUT2D eigenvalue weighted by atomic mass is 10.1. The number of nitrogens with zero attached hydrogens (tertiary/aromatic N) is 4. The van der Waals surface area contributed by atoms with Gasteiger partial charge in [0.25, 0.3) is 0 Å². The Hall–Kier alpha value is -3.40. The number of carboxylic acid groups (broad SMARTS) is 1. The fourth-order valence-electron chi connectivity index (χ4n) is 4.95. The number of carbonyl (C=O) groups is 1. The molecule has 190 valence electrons. The number of benzene rings is 2. The summed E-state index contributed by atoms with van der Waals surface area (Å²) < 4.78 is 8.18. The lowest BCUT2D eigenvalue weighted by Crippen LogP contribution is -2.36. The van der Waals surface area contributed by atoms with Gasteiger partial charge in [-0.25, -0.2) is 9.78 Å². The zero-order chi connectivity index (χ0) is 25.5. The smallest absolute Gasteiger partial charge is 0.341 e. The molecule has 2 aliphatic heterocycles. The van der Waals surface area contributed by atoms with Crippen molar-refractivity contribution in [3.63, 3.8) is 0 Å². The molecule has 6 rings (SSSR count). The van der Waals surface area contributed by atoms with Gasteiger partial charge in [0.15, 0.2) is 10.6 Å². The second-order valence-electron chi connectivity index (χ2n) is 9.22. The molecule has 0 bridgehead atoms. The summed E-state index contributed by atoms with van der Waals surface area (Å²) in [5.74, 6) is -1.26.